The van der Waals surface area contributed by atoms with Crippen LogP contribution >= 0.6 is 0 Å². The zero-order chi connectivity index (χ0) is 12.1. The van der Waals surface area contributed by atoms with Gasteiger partial charge in [0.25, 0.3) is 0 Å². The summed E-state index contributed by atoms with van der Waals surface area (Å²) in [6, 6.07) is 2.20. The molecular formula is C12H19N3O2. The van der Waals surface area contributed by atoms with E-state index in [9.17, 15) is 0 Å². The van der Waals surface area contributed by atoms with E-state index in [0.717, 1.165) is 31.1 Å². The van der Waals surface area contributed by atoms with Crippen molar-refractivity contribution in [2.45, 2.75) is 19.8 Å². The number of methoxy groups -OCH3 is 1. The van der Waals surface area contributed by atoms with Gasteiger partial charge in [-0.25, -0.2) is 4.98 Å². The third kappa shape index (κ3) is 3.56. The fourth-order valence-electron chi connectivity index (χ4n) is 1.96. The summed E-state index contributed by atoms with van der Waals surface area (Å²) in [7, 11) is 1.59. The molecule has 0 amide bonds. The molecule has 5 nitrogen and oxygen atoms in total. The quantitative estimate of drug-likeness (QED) is 0.833. The molecule has 1 saturated heterocycles. The van der Waals surface area contributed by atoms with Crippen LogP contribution in [-0.4, -0.2) is 36.8 Å². The van der Waals surface area contributed by atoms with Gasteiger partial charge in [0.15, 0.2) is 0 Å². The first-order valence-electron chi connectivity index (χ1n) is 6.01. The minimum atomic E-state index is 0.410. The number of ether oxygens (including phenoxy) is 2. The molecule has 1 aromatic rings. The van der Waals surface area contributed by atoms with Crippen molar-refractivity contribution >= 4 is 0 Å². The van der Waals surface area contributed by atoms with Crippen LogP contribution in [-0.2, 0) is 0 Å². The number of aromatic nitrogens is 2. The minimum Gasteiger partial charge on any atom is -0.481 e. The number of hydrogen-bond donors (Lipinski definition) is 1. The van der Waals surface area contributed by atoms with Gasteiger partial charge < -0.3 is 14.8 Å². The molecule has 1 fully saturated rings. The second kappa shape index (κ2) is 5.82. The van der Waals surface area contributed by atoms with E-state index in [1.54, 1.807) is 13.2 Å². The van der Waals surface area contributed by atoms with Gasteiger partial charge >= 0.3 is 6.01 Å². The summed E-state index contributed by atoms with van der Waals surface area (Å²) in [6.07, 6.45) is 2.29. The lowest BCUT2D eigenvalue weighted by molar-refractivity contribution is 0.258. The van der Waals surface area contributed by atoms with E-state index in [1.807, 2.05) is 6.92 Å². The van der Waals surface area contributed by atoms with Crippen molar-refractivity contribution < 1.29 is 9.47 Å². The molecule has 0 bridgehead atoms. The first-order chi connectivity index (χ1) is 8.28. The highest BCUT2D eigenvalue weighted by Crippen LogP contribution is 2.15. The van der Waals surface area contributed by atoms with E-state index in [0.29, 0.717) is 18.5 Å². The molecule has 5 heteroatoms. The Labute approximate surface area is 102 Å². The summed E-state index contributed by atoms with van der Waals surface area (Å²) in [5.74, 6) is 1.27. The fourth-order valence-corrected chi connectivity index (χ4v) is 1.96. The SMILES string of the molecule is COc1cc(C)nc(OCCC2CCNC2)n1. The van der Waals surface area contributed by atoms with E-state index < -0.39 is 0 Å². The molecule has 1 N–H and O–H groups in total. The average Bonchev–Trinajstić information content (AvgIpc) is 2.81. The lowest BCUT2D eigenvalue weighted by atomic mass is 10.1. The molecular weight excluding hydrogens is 218 g/mol. The predicted octanol–water partition coefficient (Wildman–Crippen LogP) is 1.17. The van der Waals surface area contributed by atoms with Crippen molar-refractivity contribution in [3.8, 4) is 11.9 Å². The summed E-state index contributed by atoms with van der Waals surface area (Å²) in [6.45, 7) is 4.79. The normalized spacial score (nSPS) is 19.3. The van der Waals surface area contributed by atoms with Crippen molar-refractivity contribution in [3.05, 3.63) is 11.8 Å². The van der Waals surface area contributed by atoms with Gasteiger partial charge in [0, 0.05) is 11.8 Å². The Morgan fingerprint density at radius 1 is 1.47 bits per heavy atom. The molecule has 1 unspecified atom stereocenters. The molecule has 2 rings (SSSR count). The maximum absolute atomic E-state index is 5.56. The van der Waals surface area contributed by atoms with Crippen molar-refractivity contribution in [3.63, 3.8) is 0 Å². The monoisotopic (exact) mass is 237 g/mol. The van der Waals surface area contributed by atoms with Crippen LogP contribution in [0.15, 0.2) is 6.07 Å². The molecule has 0 saturated carbocycles. The topological polar surface area (TPSA) is 56.3 Å². The zero-order valence-electron chi connectivity index (χ0n) is 10.4. The average molecular weight is 237 g/mol. The molecule has 1 atom stereocenters. The van der Waals surface area contributed by atoms with Crippen molar-refractivity contribution in [1.82, 2.24) is 15.3 Å². The van der Waals surface area contributed by atoms with Crippen LogP contribution in [0.5, 0.6) is 11.9 Å². The van der Waals surface area contributed by atoms with E-state index in [-0.39, 0.29) is 0 Å². The maximum atomic E-state index is 5.56. The number of rotatable bonds is 5. The van der Waals surface area contributed by atoms with Crippen LogP contribution in [0.1, 0.15) is 18.5 Å². The van der Waals surface area contributed by atoms with Crippen LogP contribution in [0.3, 0.4) is 0 Å². The first kappa shape index (κ1) is 12.1. The molecule has 1 aromatic heterocycles. The van der Waals surface area contributed by atoms with E-state index in [2.05, 4.69) is 15.3 Å². The molecule has 2 heterocycles. The molecule has 94 valence electrons. The summed E-state index contributed by atoms with van der Waals surface area (Å²) < 4.78 is 10.6. The molecule has 1 aliphatic heterocycles. The lowest BCUT2D eigenvalue weighted by Gasteiger charge is -2.09. The standard InChI is InChI=1S/C12H19N3O2/c1-9-7-11(16-2)15-12(14-9)17-6-4-10-3-5-13-8-10/h7,10,13H,3-6,8H2,1-2H3. The molecule has 0 radical (unpaired) electrons. The number of hydrogen-bond acceptors (Lipinski definition) is 5. The Bertz CT molecular complexity index is 365. The Kier molecular flexibility index (Phi) is 4.14. The Balaban J connectivity index is 1.83. The fraction of sp³-hybridized carbons (Fsp3) is 0.667. The number of nitrogens with zero attached hydrogens (tertiary/aromatic N) is 2. The smallest absolute Gasteiger partial charge is 0.319 e. The van der Waals surface area contributed by atoms with Crippen molar-refractivity contribution in [1.29, 1.82) is 0 Å². The summed E-state index contributed by atoms with van der Waals surface area (Å²) in [5, 5.41) is 3.34. The van der Waals surface area contributed by atoms with Gasteiger partial charge in [-0.15, -0.1) is 0 Å². The minimum absolute atomic E-state index is 0.410. The van der Waals surface area contributed by atoms with Crippen LogP contribution < -0.4 is 14.8 Å². The summed E-state index contributed by atoms with van der Waals surface area (Å²) in [4.78, 5) is 8.36. The zero-order valence-corrected chi connectivity index (χ0v) is 10.4. The second-order valence-corrected chi connectivity index (χ2v) is 4.33. The lowest BCUT2D eigenvalue weighted by Crippen LogP contribution is -2.12. The predicted molar refractivity (Wildman–Crippen MR) is 64.4 cm³/mol. The second-order valence-electron chi connectivity index (χ2n) is 4.33. The molecule has 1 aliphatic rings. The van der Waals surface area contributed by atoms with Crippen LogP contribution in [0.2, 0.25) is 0 Å². The van der Waals surface area contributed by atoms with Gasteiger partial charge in [0.2, 0.25) is 5.88 Å². The summed E-state index contributed by atoms with van der Waals surface area (Å²) >= 11 is 0. The Morgan fingerprint density at radius 3 is 3.06 bits per heavy atom. The van der Waals surface area contributed by atoms with Gasteiger partial charge in [0.05, 0.1) is 13.7 Å². The number of nitrogens with one attached hydrogen (secondary N) is 1. The molecule has 0 spiro atoms. The third-order valence-electron chi connectivity index (χ3n) is 2.94. The van der Waals surface area contributed by atoms with Crippen LogP contribution in [0, 0.1) is 12.8 Å². The van der Waals surface area contributed by atoms with Gasteiger partial charge in [-0.2, -0.15) is 4.98 Å². The number of aryl methyl sites for hydroxylation is 1. The van der Waals surface area contributed by atoms with E-state index in [1.165, 1.54) is 6.42 Å². The van der Waals surface area contributed by atoms with Gasteiger partial charge in [-0.1, -0.05) is 0 Å². The van der Waals surface area contributed by atoms with Gasteiger partial charge in [-0.3, -0.25) is 0 Å². The van der Waals surface area contributed by atoms with Crippen LogP contribution in [0.25, 0.3) is 0 Å². The highest BCUT2D eigenvalue weighted by atomic mass is 16.5. The Hall–Kier alpha value is -1.36. The largest absolute Gasteiger partial charge is 0.481 e. The Morgan fingerprint density at radius 2 is 2.35 bits per heavy atom. The maximum Gasteiger partial charge on any atom is 0.319 e. The van der Waals surface area contributed by atoms with Crippen molar-refractivity contribution in [2.24, 2.45) is 5.92 Å². The van der Waals surface area contributed by atoms with E-state index in [4.69, 9.17) is 9.47 Å². The highest BCUT2D eigenvalue weighted by Gasteiger charge is 2.14. The van der Waals surface area contributed by atoms with Crippen molar-refractivity contribution in [2.75, 3.05) is 26.8 Å². The van der Waals surface area contributed by atoms with Gasteiger partial charge in [-0.05, 0) is 38.8 Å². The molecule has 17 heavy (non-hydrogen) atoms. The molecule has 0 aliphatic carbocycles. The first-order valence-corrected chi connectivity index (χ1v) is 6.01. The third-order valence-corrected chi connectivity index (χ3v) is 2.94. The van der Waals surface area contributed by atoms with Gasteiger partial charge in [0.1, 0.15) is 0 Å². The highest BCUT2D eigenvalue weighted by molar-refractivity contribution is 5.17. The van der Waals surface area contributed by atoms with E-state index >= 15 is 0 Å². The summed E-state index contributed by atoms with van der Waals surface area (Å²) in [5.41, 5.74) is 0.856. The van der Waals surface area contributed by atoms with Crippen LogP contribution in [0.4, 0.5) is 0 Å². The molecule has 0 aromatic carbocycles.